The predicted octanol–water partition coefficient (Wildman–Crippen LogP) is 4.74. The molecule has 1 atom stereocenters. The number of halogens is 2. The fraction of sp³-hybridized carbons (Fsp3) is 0.250. The van der Waals surface area contributed by atoms with Crippen molar-refractivity contribution in [2.75, 3.05) is 29.8 Å². The molecule has 1 saturated heterocycles. The first-order valence-corrected chi connectivity index (χ1v) is 14.3. The van der Waals surface area contributed by atoms with Gasteiger partial charge in [0.2, 0.25) is 27.7 Å². The standard InChI is InChI=1S/C28H28F2N6O3S/c1-36(40(37,38)18-19-7-3-2-4-8-19)23-11-12-24(26(30)25(23)29)39-27-21(10-6-15-32-27)22-13-16-33-28(35-22)34-20-9-5-14-31-17-20/h2-4,6-8,10-13,15-16,20,31H,5,9,14,17-18H2,1H3,(H,33,34,35). The molecule has 2 N–H and O–H groups in total. The van der Waals surface area contributed by atoms with Crippen LogP contribution in [0.4, 0.5) is 20.4 Å². The van der Waals surface area contributed by atoms with Crippen LogP contribution >= 0.6 is 0 Å². The third-order valence-electron chi connectivity index (χ3n) is 6.51. The van der Waals surface area contributed by atoms with Crippen molar-refractivity contribution < 1.29 is 21.9 Å². The monoisotopic (exact) mass is 566 g/mol. The van der Waals surface area contributed by atoms with Crippen LogP contribution in [0.2, 0.25) is 0 Å². The molecular weight excluding hydrogens is 538 g/mol. The van der Waals surface area contributed by atoms with Crippen LogP contribution in [0.3, 0.4) is 0 Å². The highest BCUT2D eigenvalue weighted by molar-refractivity contribution is 7.92. The summed E-state index contributed by atoms with van der Waals surface area (Å²) in [6.45, 7) is 1.78. The van der Waals surface area contributed by atoms with Crippen LogP contribution < -0.4 is 19.7 Å². The molecule has 1 fully saturated rings. The van der Waals surface area contributed by atoms with Gasteiger partial charge in [-0.3, -0.25) is 4.31 Å². The molecule has 1 aliphatic heterocycles. The number of aromatic nitrogens is 3. The summed E-state index contributed by atoms with van der Waals surface area (Å²) in [5.74, 6) is -3.08. The molecule has 12 heteroatoms. The van der Waals surface area contributed by atoms with E-state index in [1.165, 1.54) is 19.3 Å². The van der Waals surface area contributed by atoms with E-state index in [0.717, 1.165) is 36.3 Å². The van der Waals surface area contributed by atoms with Crippen LogP contribution in [0.25, 0.3) is 11.3 Å². The summed E-state index contributed by atoms with van der Waals surface area (Å²) in [6, 6.07) is 16.0. The van der Waals surface area contributed by atoms with Gasteiger partial charge in [0, 0.05) is 32.0 Å². The van der Waals surface area contributed by atoms with Gasteiger partial charge in [-0.15, -0.1) is 0 Å². The first-order valence-electron chi connectivity index (χ1n) is 12.7. The maximum Gasteiger partial charge on any atom is 0.239 e. The molecule has 0 radical (unpaired) electrons. The average Bonchev–Trinajstić information content (AvgIpc) is 2.96. The van der Waals surface area contributed by atoms with E-state index in [0.29, 0.717) is 22.8 Å². The molecule has 0 amide bonds. The Balaban J connectivity index is 1.38. The van der Waals surface area contributed by atoms with Crippen LogP contribution in [0.5, 0.6) is 11.6 Å². The lowest BCUT2D eigenvalue weighted by Crippen LogP contribution is -2.38. The van der Waals surface area contributed by atoms with Gasteiger partial charge in [0.25, 0.3) is 0 Å². The van der Waals surface area contributed by atoms with Crippen molar-refractivity contribution in [3.05, 3.63) is 90.3 Å². The average molecular weight is 567 g/mol. The fourth-order valence-electron chi connectivity index (χ4n) is 4.38. The molecular formula is C28H28F2N6O3S. The van der Waals surface area contributed by atoms with Gasteiger partial charge in [-0.1, -0.05) is 30.3 Å². The summed E-state index contributed by atoms with van der Waals surface area (Å²) < 4.78 is 62.5. The van der Waals surface area contributed by atoms with Crippen molar-refractivity contribution in [1.82, 2.24) is 20.3 Å². The SMILES string of the molecule is CN(c1ccc(Oc2ncccc2-c2ccnc(NC3CCCNC3)n2)c(F)c1F)S(=O)(=O)Cc1ccccc1. The molecule has 0 spiro atoms. The number of nitrogens with zero attached hydrogens (tertiary/aromatic N) is 4. The van der Waals surface area contributed by atoms with Gasteiger partial charge >= 0.3 is 0 Å². The number of rotatable bonds is 9. The second kappa shape index (κ2) is 11.9. The molecule has 208 valence electrons. The molecule has 40 heavy (non-hydrogen) atoms. The highest BCUT2D eigenvalue weighted by atomic mass is 32.2. The van der Waals surface area contributed by atoms with Gasteiger partial charge in [-0.2, -0.15) is 4.39 Å². The highest BCUT2D eigenvalue weighted by Crippen LogP contribution is 2.35. The Morgan fingerprint density at radius 1 is 1.02 bits per heavy atom. The van der Waals surface area contributed by atoms with Gasteiger partial charge < -0.3 is 15.4 Å². The van der Waals surface area contributed by atoms with Gasteiger partial charge in [-0.25, -0.2) is 27.8 Å². The van der Waals surface area contributed by atoms with Crippen molar-refractivity contribution in [2.45, 2.75) is 24.6 Å². The number of ether oxygens (including phenoxy) is 1. The number of anilines is 2. The van der Waals surface area contributed by atoms with E-state index >= 15 is 8.78 Å². The Bertz CT molecular complexity index is 1580. The van der Waals surface area contributed by atoms with Gasteiger partial charge in [-0.05, 0) is 55.3 Å². The van der Waals surface area contributed by atoms with Crippen LogP contribution in [0, 0.1) is 11.6 Å². The molecule has 9 nitrogen and oxygen atoms in total. The molecule has 1 unspecified atom stereocenters. The largest absolute Gasteiger partial charge is 0.435 e. The molecule has 0 aliphatic carbocycles. The summed E-state index contributed by atoms with van der Waals surface area (Å²) >= 11 is 0. The lowest BCUT2D eigenvalue weighted by Gasteiger charge is -2.23. The van der Waals surface area contributed by atoms with Gasteiger partial charge in [0.1, 0.15) is 0 Å². The van der Waals surface area contributed by atoms with E-state index in [1.807, 2.05) is 0 Å². The zero-order chi connectivity index (χ0) is 28.1. The molecule has 4 aromatic rings. The van der Waals surface area contributed by atoms with Crippen LogP contribution in [-0.2, 0) is 15.8 Å². The highest BCUT2D eigenvalue weighted by Gasteiger charge is 2.26. The van der Waals surface area contributed by atoms with E-state index in [2.05, 4.69) is 25.6 Å². The lowest BCUT2D eigenvalue weighted by atomic mass is 10.1. The summed E-state index contributed by atoms with van der Waals surface area (Å²) in [5, 5.41) is 6.64. The summed E-state index contributed by atoms with van der Waals surface area (Å²) in [4.78, 5) is 13.1. The number of sulfonamides is 1. The smallest absolute Gasteiger partial charge is 0.239 e. The van der Waals surface area contributed by atoms with E-state index < -0.39 is 33.1 Å². The first kappa shape index (κ1) is 27.4. The minimum absolute atomic E-state index is 0.00240. The van der Waals surface area contributed by atoms with Crippen molar-refractivity contribution in [1.29, 1.82) is 0 Å². The third kappa shape index (κ3) is 6.18. The minimum atomic E-state index is -3.99. The summed E-state index contributed by atoms with van der Waals surface area (Å²) in [7, 11) is -2.81. The molecule has 1 aliphatic rings. The first-order chi connectivity index (χ1) is 19.3. The fourth-order valence-corrected chi connectivity index (χ4v) is 5.63. The molecule has 5 rings (SSSR count). The van der Waals surface area contributed by atoms with Gasteiger partial charge in [0.15, 0.2) is 11.6 Å². The van der Waals surface area contributed by atoms with Gasteiger partial charge in [0.05, 0.1) is 22.7 Å². The van der Waals surface area contributed by atoms with Crippen molar-refractivity contribution in [2.24, 2.45) is 0 Å². The second-order valence-electron chi connectivity index (χ2n) is 9.33. The second-order valence-corrected chi connectivity index (χ2v) is 11.3. The number of hydrogen-bond acceptors (Lipinski definition) is 8. The van der Waals surface area contributed by atoms with Crippen molar-refractivity contribution >= 4 is 21.7 Å². The van der Waals surface area contributed by atoms with E-state index in [1.54, 1.807) is 54.7 Å². The molecule has 2 aromatic carbocycles. The molecule has 0 bridgehead atoms. The number of benzene rings is 2. The Morgan fingerprint density at radius 2 is 1.85 bits per heavy atom. The summed E-state index contributed by atoms with van der Waals surface area (Å²) in [5.41, 5.74) is 1.01. The number of piperidine rings is 1. The van der Waals surface area contributed by atoms with Crippen LogP contribution in [0.1, 0.15) is 18.4 Å². The zero-order valence-corrected chi connectivity index (χ0v) is 22.5. The number of nitrogens with one attached hydrogen (secondary N) is 2. The zero-order valence-electron chi connectivity index (χ0n) is 21.7. The van der Waals surface area contributed by atoms with Crippen molar-refractivity contribution in [3.8, 4) is 22.9 Å². The Labute approximate surface area is 231 Å². The maximum absolute atomic E-state index is 15.2. The normalized spacial score (nSPS) is 15.4. The molecule has 2 aromatic heterocycles. The lowest BCUT2D eigenvalue weighted by molar-refractivity contribution is 0.407. The maximum atomic E-state index is 15.2. The number of pyridine rings is 1. The Kier molecular flexibility index (Phi) is 8.17. The van der Waals surface area contributed by atoms with Crippen LogP contribution in [-0.4, -0.2) is 49.5 Å². The predicted molar refractivity (Wildman–Crippen MR) is 149 cm³/mol. The Hall–Kier alpha value is -4.16. The van der Waals surface area contributed by atoms with E-state index in [4.69, 9.17) is 4.74 Å². The molecule has 0 saturated carbocycles. The van der Waals surface area contributed by atoms with E-state index in [9.17, 15) is 8.42 Å². The summed E-state index contributed by atoms with van der Waals surface area (Å²) in [6.07, 6.45) is 5.09. The third-order valence-corrected chi connectivity index (χ3v) is 8.24. The van der Waals surface area contributed by atoms with Crippen molar-refractivity contribution in [3.63, 3.8) is 0 Å². The topological polar surface area (TPSA) is 109 Å². The van der Waals surface area contributed by atoms with E-state index in [-0.39, 0.29) is 17.7 Å². The minimum Gasteiger partial charge on any atom is -0.435 e. The molecule has 3 heterocycles. The Morgan fingerprint density at radius 3 is 2.62 bits per heavy atom. The quantitative estimate of drug-likeness (QED) is 0.299. The number of hydrogen-bond donors (Lipinski definition) is 2. The van der Waals surface area contributed by atoms with Crippen LogP contribution in [0.15, 0.2) is 73.1 Å².